The Bertz CT molecular complexity index is 841. The third kappa shape index (κ3) is 3.07. The summed E-state index contributed by atoms with van der Waals surface area (Å²) in [6, 6.07) is 4.00. The molecule has 0 saturated heterocycles. The van der Waals surface area contributed by atoms with Crippen LogP contribution in [0.2, 0.25) is 0 Å². The largest absolute Gasteiger partial charge is 0.294 e. The van der Waals surface area contributed by atoms with E-state index in [9.17, 15) is 9.59 Å². The summed E-state index contributed by atoms with van der Waals surface area (Å²) in [7, 11) is 0. The van der Waals surface area contributed by atoms with Gasteiger partial charge in [-0.05, 0) is 30.0 Å². The topological polar surface area (TPSA) is 63.2 Å². The fraction of sp³-hybridized carbons (Fsp3) is 0.412. The Labute approximate surface area is 158 Å². The van der Waals surface area contributed by atoms with Crippen molar-refractivity contribution in [3.05, 3.63) is 33.7 Å². The molecule has 1 amide bonds. The van der Waals surface area contributed by atoms with E-state index in [2.05, 4.69) is 17.1 Å². The van der Waals surface area contributed by atoms with E-state index in [1.165, 1.54) is 11.3 Å². The van der Waals surface area contributed by atoms with Gasteiger partial charge in [-0.3, -0.25) is 14.5 Å². The summed E-state index contributed by atoms with van der Waals surface area (Å²) >= 11 is 4.65. The Morgan fingerprint density at radius 3 is 2.96 bits per heavy atom. The van der Waals surface area contributed by atoms with E-state index in [1.807, 2.05) is 17.5 Å². The van der Waals surface area contributed by atoms with E-state index in [0.717, 1.165) is 39.1 Å². The summed E-state index contributed by atoms with van der Waals surface area (Å²) < 4.78 is 0.856. The molecule has 1 aliphatic carbocycles. The third-order valence-corrected chi connectivity index (χ3v) is 7.33. The minimum absolute atomic E-state index is 0.0102. The highest BCUT2D eigenvalue weighted by Gasteiger charge is 2.41. The number of thioether (sulfide) groups is 1. The zero-order valence-corrected chi connectivity index (χ0v) is 16.2. The number of nitrogens with zero attached hydrogens (tertiary/aromatic N) is 3. The van der Waals surface area contributed by atoms with Crippen molar-refractivity contribution in [2.24, 2.45) is 0 Å². The molecule has 0 N–H and O–H groups in total. The molecule has 130 valence electrons. The smallest absolute Gasteiger partial charge is 0.234 e. The van der Waals surface area contributed by atoms with Crippen molar-refractivity contribution >= 4 is 51.3 Å². The predicted molar refractivity (Wildman–Crippen MR) is 101 cm³/mol. The van der Waals surface area contributed by atoms with Gasteiger partial charge in [-0.2, -0.15) is 0 Å². The molecule has 25 heavy (non-hydrogen) atoms. The van der Waals surface area contributed by atoms with E-state index in [4.69, 9.17) is 0 Å². The molecule has 0 spiro atoms. The molecule has 0 saturated carbocycles. The van der Waals surface area contributed by atoms with E-state index in [1.54, 1.807) is 28.0 Å². The summed E-state index contributed by atoms with van der Waals surface area (Å²) in [4.78, 5) is 28.4. The molecule has 3 heterocycles. The number of anilines is 1. The van der Waals surface area contributed by atoms with Gasteiger partial charge in [0.15, 0.2) is 10.1 Å². The minimum atomic E-state index is -0.107. The van der Waals surface area contributed by atoms with E-state index < -0.39 is 0 Å². The fourth-order valence-corrected chi connectivity index (χ4v) is 6.04. The van der Waals surface area contributed by atoms with Gasteiger partial charge in [0.1, 0.15) is 0 Å². The molecule has 5 nitrogen and oxygen atoms in total. The first-order valence-corrected chi connectivity index (χ1v) is 11.0. The summed E-state index contributed by atoms with van der Waals surface area (Å²) in [5.74, 6) is 0.986. The summed E-state index contributed by atoms with van der Waals surface area (Å²) in [6.45, 7) is 2.06. The molecule has 0 radical (unpaired) electrons. The first kappa shape index (κ1) is 16.9. The quantitative estimate of drug-likeness (QED) is 0.576. The number of hydrogen-bond donors (Lipinski definition) is 0. The average Bonchev–Trinajstić information content (AvgIpc) is 3.26. The Morgan fingerprint density at radius 2 is 2.20 bits per heavy atom. The molecule has 1 aliphatic heterocycles. The molecule has 0 bridgehead atoms. The molecule has 0 fully saturated rings. The molecule has 4 rings (SSSR count). The molecule has 2 aromatic heterocycles. The molecule has 2 aromatic rings. The lowest BCUT2D eigenvalue weighted by Gasteiger charge is -2.36. The molecule has 0 unspecified atom stereocenters. The minimum Gasteiger partial charge on any atom is -0.294 e. The van der Waals surface area contributed by atoms with E-state index >= 15 is 0 Å². The van der Waals surface area contributed by atoms with Crippen LogP contribution < -0.4 is 4.90 Å². The first-order chi connectivity index (χ1) is 12.2. The highest BCUT2D eigenvalue weighted by atomic mass is 32.2. The van der Waals surface area contributed by atoms with Gasteiger partial charge >= 0.3 is 0 Å². The van der Waals surface area contributed by atoms with Crippen LogP contribution in [0.25, 0.3) is 0 Å². The number of Topliss-reactive ketones (excluding diaryl/α,β-unsaturated/α-hetero) is 1. The summed E-state index contributed by atoms with van der Waals surface area (Å²) in [5.41, 5.74) is 1.66. The molecular formula is C17H17N3O2S3. The van der Waals surface area contributed by atoms with Crippen LogP contribution in [0.1, 0.15) is 43.4 Å². The van der Waals surface area contributed by atoms with Gasteiger partial charge in [-0.25, -0.2) is 0 Å². The maximum Gasteiger partial charge on any atom is 0.234 e. The third-order valence-electron chi connectivity index (χ3n) is 4.42. The van der Waals surface area contributed by atoms with Gasteiger partial charge in [0.25, 0.3) is 0 Å². The van der Waals surface area contributed by atoms with Gasteiger partial charge in [0.05, 0.1) is 0 Å². The number of allylic oxidation sites excluding steroid dienone is 2. The lowest BCUT2D eigenvalue weighted by molar-refractivity contribution is -0.119. The monoisotopic (exact) mass is 391 g/mol. The second-order valence-corrected chi connectivity index (χ2v) is 9.37. The molecule has 1 atom stereocenters. The number of carbonyl (C=O) groups excluding carboxylic acids is 2. The Hall–Kier alpha value is -1.51. The zero-order chi connectivity index (χ0) is 17.4. The molecule has 2 aliphatic rings. The van der Waals surface area contributed by atoms with Crippen LogP contribution in [0.3, 0.4) is 0 Å². The van der Waals surface area contributed by atoms with Gasteiger partial charge in [0.2, 0.25) is 11.0 Å². The standard InChI is InChI=1S/C17H17N3O2S3/c1-2-23-17-19-18-16(25-17)20-11-5-3-6-12(21)15(11)10(9-14(20)22)13-7-4-8-24-13/h4,7-8,10H,2-3,5-6,9H2,1H3/t10-/m1/s1. The summed E-state index contributed by atoms with van der Waals surface area (Å²) in [5, 5.41) is 11.0. The van der Waals surface area contributed by atoms with E-state index in [0.29, 0.717) is 18.0 Å². The van der Waals surface area contributed by atoms with Crippen molar-refractivity contribution in [2.45, 2.75) is 42.9 Å². The van der Waals surface area contributed by atoms with E-state index in [-0.39, 0.29) is 17.6 Å². The van der Waals surface area contributed by atoms with Crippen molar-refractivity contribution < 1.29 is 9.59 Å². The van der Waals surface area contributed by atoms with Crippen molar-refractivity contribution in [3.63, 3.8) is 0 Å². The Morgan fingerprint density at radius 1 is 1.32 bits per heavy atom. The number of thiophene rings is 1. The number of carbonyl (C=O) groups is 2. The second-order valence-electron chi connectivity index (χ2n) is 5.92. The maximum atomic E-state index is 12.9. The summed E-state index contributed by atoms with van der Waals surface area (Å²) in [6.07, 6.45) is 2.41. The SMILES string of the molecule is CCSc1nnc(N2C(=O)C[C@H](c3cccs3)C3=C2CCCC3=O)s1. The van der Waals surface area contributed by atoms with Crippen molar-refractivity contribution in [3.8, 4) is 0 Å². The molecule has 8 heteroatoms. The Kier molecular flexibility index (Phi) is 4.75. The van der Waals surface area contributed by atoms with Crippen LogP contribution in [0.4, 0.5) is 5.13 Å². The van der Waals surface area contributed by atoms with Gasteiger partial charge in [-0.1, -0.05) is 36.1 Å². The average molecular weight is 392 g/mol. The Balaban J connectivity index is 1.79. The van der Waals surface area contributed by atoms with Crippen LogP contribution in [0.15, 0.2) is 33.1 Å². The zero-order valence-electron chi connectivity index (χ0n) is 13.7. The highest BCUT2D eigenvalue weighted by Crippen LogP contribution is 2.45. The number of aromatic nitrogens is 2. The number of amides is 1. The number of rotatable bonds is 4. The number of ketones is 1. The first-order valence-electron chi connectivity index (χ1n) is 8.28. The lowest BCUT2D eigenvalue weighted by Crippen LogP contribution is -2.40. The van der Waals surface area contributed by atoms with Gasteiger partial charge < -0.3 is 0 Å². The second kappa shape index (κ2) is 7.01. The van der Waals surface area contributed by atoms with Crippen molar-refractivity contribution in [1.82, 2.24) is 10.2 Å². The normalized spacial score (nSPS) is 21.0. The van der Waals surface area contributed by atoms with Crippen LogP contribution in [-0.4, -0.2) is 27.6 Å². The van der Waals surface area contributed by atoms with Crippen molar-refractivity contribution in [2.75, 3.05) is 10.7 Å². The van der Waals surface area contributed by atoms with Crippen molar-refractivity contribution in [1.29, 1.82) is 0 Å². The van der Waals surface area contributed by atoms with Crippen LogP contribution in [-0.2, 0) is 9.59 Å². The fourth-order valence-electron chi connectivity index (χ4n) is 3.42. The molecule has 0 aromatic carbocycles. The van der Waals surface area contributed by atoms with Gasteiger partial charge in [0, 0.05) is 34.9 Å². The lowest BCUT2D eigenvalue weighted by atomic mass is 9.80. The van der Waals surface area contributed by atoms with Crippen LogP contribution in [0, 0.1) is 0 Å². The van der Waals surface area contributed by atoms with Crippen LogP contribution >= 0.6 is 34.4 Å². The highest BCUT2D eigenvalue weighted by molar-refractivity contribution is 8.01. The maximum absolute atomic E-state index is 12.9. The van der Waals surface area contributed by atoms with Crippen LogP contribution in [0.5, 0.6) is 0 Å². The number of hydrogen-bond acceptors (Lipinski definition) is 7. The predicted octanol–water partition coefficient (Wildman–Crippen LogP) is 4.24. The van der Waals surface area contributed by atoms with Gasteiger partial charge in [-0.15, -0.1) is 21.5 Å². The molecular weight excluding hydrogens is 374 g/mol.